The molecule has 0 aromatic carbocycles. The molecule has 3 atom stereocenters. The zero-order valence-electron chi connectivity index (χ0n) is 32.2. The van der Waals surface area contributed by atoms with E-state index in [2.05, 4.69) is 13.8 Å². The first kappa shape index (κ1) is 48.0. The van der Waals surface area contributed by atoms with Crippen molar-refractivity contribution in [3.05, 3.63) is 0 Å². The maximum absolute atomic E-state index is 13.1. The van der Waals surface area contributed by atoms with Gasteiger partial charge in [-0.05, 0) is 19.8 Å². The van der Waals surface area contributed by atoms with Crippen LogP contribution in [-0.4, -0.2) is 78.7 Å². The number of quaternary nitrogens is 1. The van der Waals surface area contributed by atoms with E-state index in [4.69, 9.17) is 14.0 Å². The molecule has 0 saturated heterocycles. The average Bonchev–Trinajstić information content (AvgIpc) is 3.06. The predicted octanol–water partition coefficient (Wildman–Crippen LogP) is 8.54. The van der Waals surface area contributed by atoms with Crippen molar-refractivity contribution in [3.8, 4) is 0 Å². The highest BCUT2D eigenvalue weighted by Gasteiger charge is 2.35. The van der Waals surface area contributed by atoms with Crippen LogP contribution >= 0.6 is 7.60 Å². The number of hydrogen-bond acceptors (Lipinski definition) is 9. The molecule has 0 radical (unpaired) electrons. The summed E-state index contributed by atoms with van der Waals surface area (Å²) in [5, 5.41) is 18.5. The standard InChI is InChI=1S/C38H76NO9P/c1-6-8-10-12-14-16-18-20-22-24-26-28-37(42)46-32-35(33-47-49(44,45)34(3)39(4,5)31-30-36(40)41)48-38(43)29-27-25-23-21-19-17-15-13-11-9-7-2/h34-36,40-41H,6-33H2,1-5H3/t34?,35-/m1/s1. The maximum atomic E-state index is 13.1. The molecule has 0 bridgehead atoms. The van der Waals surface area contributed by atoms with Gasteiger partial charge >= 0.3 is 11.9 Å². The summed E-state index contributed by atoms with van der Waals surface area (Å²) in [6, 6.07) is 0. The van der Waals surface area contributed by atoms with Gasteiger partial charge in [0.05, 0.1) is 27.2 Å². The van der Waals surface area contributed by atoms with Crippen LogP contribution in [0.15, 0.2) is 0 Å². The molecule has 0 aromatic rings. The molecule has 2 unspecified atom stereocenters. The van der Waals surface area contributed by atoms with Crippen LogP contribution in [0.2, 0.25) is 0 Å². The van der Waals surface area contributed by atoms with Gasteiger partial charge in [0.15, 0.2) is 20.0 Å². The van der Waals surface area contributed by atoms with Crippen LogP contribution in [0.3, 0.4) is 0 Å². The fourth-order valence-corrected chi connectivity index (χ4v) is 7.27. The average molecular weight is 722 g/mol. The van der Waals surface area contributed by atoms with Crippen molar-refractivity contribution >= 4 is 19.5 Å². The van der Waals surface area contributed by atoms with Gasteiger partial charge < -0.3 is 38.2 Å². The minimum Gasteiger partial charge on any atom is -0.774 e. The van der Waals surface area contributed by atoms with Crippen molar-refractivity contribution in [2.24, 2.45) is 0 Å². The molecular weight excluding hydrogens is 645 g/mol. The van der Waals surface area contributed by atoms with E-state index in [1.807, 2.05) is 0 Å². The van der Waals surface area contributed by atoms with Crippen molar-refractivity contribution in [3.63, 3.8) is 0 Å². The Hall–Kier alpha value is -1.03. The molecule has 0 rings (SSSR count). The fraction of sp³-hybridized carbons (Fsp3) is 0.947. The second-order valence-electron chi connectivity index (χ2n) is 14.6. The lowest BCUT2D eigenvalue weighted by Crippen LogP contribution is -2.50. The molecule has 292 valence electrons. The molecule has 0 amide bonds. The number of aliphatic hydroxyl groups excluding tert-OH is 1. The Kier molecular flexibility index (Phi) is 29.9. The van der Waals surface area contributed by atoms with Gasteiger partial charge in [-0.25, -0.2) is 0 Å². The summed E-state index contributed by atoms with van der Waals surface area (Å²) in [4.78, 5) is 38.3. The normalized spacial score (nSPS) is 14.5. The summed E-state index contributed by atoms with van der Waals surface area (Å²) in [6.07, 6.45) is 23.6. The number of ether oxygens (including phenoxy) is 2. The van der Waals surface area contributed by atoms with E-state index in [1.54, 1.807) is 14.1 Å². The Morgan fingerprint density at radius 1 is 0.653 bits per heavy atom. The number of nitrogens with zero attached hydrogens (tertiary/aromatic N) is 1. The highest BCUT2D eigenvalue weighted by atomic mass is 31.2. The predicted molar refractivity (Wildman–Crippen MR) is 196 cm³/mol. The number of aliphatic hydroxyl groups is 2. The number of esters is 2. The number of carbonyl (C=O) groups excluding carboxylic acids is 2. The fourth-order valence-electron chi connectivity index (χ4n) is 5.80. The van der Waals surface area contributed by atoms with Crippen LogP contribution < -0.4 is 4.89 Å². The zero-order valence-corrected chi connectivity index (χ0v) is 33.1. The monoisotopic (exact) mass is 722 g/mol. The first-order chi connectivity index (χ1) is 23.4. The lowest BCUT2D eigenvalue weighted by Gasteiger charge is -2.42. The molecule has 0 fully saturated rings. The number of carbonyl (C=O) groups is 2. The Bertz CT molecular complexity index is 855. The molecule has 10 nitrogen and oxygen atoms in total. The van der Waals surface area contributed by atoms with Gasteiger partial charge in [-0.2, -0.15) is 0 Å². The second kappa shape index (κ2) is 30.6. The van der Waals surface area contributed by atoms with Crippen molar-refractivity contribution in [1.82, 2.24) is 0 Å². The van der Waals surface area contributed by atoms with E-state index in [9.17, 15) is 29.3 Å². The highest BCUT2D eigenvalue weighted by Crippen LogP contribution is 2.46. The first-order valence-corrected chi connectivity index (χ1v) is 21.5. The zero-order chi connectivity index (χ0) is 36.8. The molecule has 0 aliphatic rings. The SMILES string of the molecule is CCCCCCCCCCCCCC(=O)OC[C@H](COP(=O)([O-])C(C)[N+](C)(C)CCC(O)O)OC(=O)CCCCCCCCCCCCC. The lowest BCUT2D eigenvalue weighted by atomic mass is 10.1. The van der Waals surface area contributed by atoms with Gasteiger partial charge in [0.25, 0.3) is 0 Å². The van der Waals surface area contributed by atoms with Gasteiger partial charge in [-0.3, -0.25) is 9.59 Å². The quantitative estimate of drug-likeness (QED) is 0.0216. The Morgan fingerprint density at radius 3 is 1.45 bits per heavy atom. The smallest absolute Gasteiger partial charge is 0.306 e. The van der Waals surface area contributed by atoms with Crippen LogP contribution in [0, 0.1) is 0 Å². The summed E-state index contributed by atoms with van der Waals surface area (Å²) in [6.45, 7) is 5.42. The van der Waals surface area contributed by atoms with Crippen LogP contribution in [0.5, 0.6) is 0 Å². The van der Waals surface area contributed by atoms with Crippen molar-refractivity contribution in [1.29, 1.82) is 0 Å². The Labute approximate surface area is 300 Å². The molecule has 2 N–H and O–H groups in total. The molecular formula is C38H76NO9P. The largest absolute Gasteiger partial charge is 0.774 e. The van der Waals surface area contributed by atoms with Gasteiger partial charge in [-0.15, -0.1) is 0 Å². The summed E-state index contributed by atoms with van der Waals surface area (Å²) in [5.74, 6) is -1.86. The van der Waals surface area contributed by atoms with Crippen LogP contribution in [0.1, 0.15) is 181 Å². The number of hydrogen-bond donors (Lipinski definition) is 2. The number of unbranched alkanes of at least 4 members (excludes halogenated alkanes) is 20. The molecule has 49 heavy (non-hydrogen) atoms. The minimum atomic E-state index is -4.47. The van der Waals surface area contributed by atoms with E-state index >= 15 is 0 Å². The molecule has 0 heterocycles. The number of rotatable bonds is 35. The van der Waals surface area contributed by atoms with Crippen molar-refractivity contribution < 1.29 is 47.7 Å². The molecule has 0 aromatic heterocycles. The third-order valence-electron chi connectivity index (χ3n) is 9.57. The third-order valence-corrected chi connectivity index (χ3v) is 11.6. The minimum absolute atomic E-state index is 0.00566. The van der Waals surface area contributed by atoms with Gasteiger partial charge in [0.2, 0.25) is 0 Å². The summed E-state index contributed by atoms with van der Waals surface area (Å²) in [5.41, 5.74) is 0. The van der Waals surface area contributed by atoms with E-state index in [1.165, 1.54) is 103 Å². The topological polar surface area (TPSA) is 142 Å². The molecule has 0 spiro atoms. The van der Waals surface area contributed by atoms with Crippen molar-refractivity contribution in [2.75, 3.05) is 33.9 Å². The Balaban J connectivity index is 4.73. The van der Waals surface area contributed by atoms with Gasteiger partial charge in [-0.1, -0.05) is 142 Å². The van der Waals surface area contributed by atoms with Crippen LogP contribution in [-0.2, 0) is 28.2 Å². The highest BCUT2D eigenvalue weighted by molar-refractivity contribution is 7.51. The molecule has 0 aliphatic heterocycles. The second-order valence-corrected chi connectivity index (χ2v) is 16.7. The summed E-state index contributed by atoms with van der Waals surface area (Å²) < 4.78 is 29.4. The van der Waals surface area contributed by atoms with Crippen LogP contribution in [0.4, 0.5) is 0 Å². The summed E-state index contributed by atoms with van der Waals surface area (Å²) in [7, 11) is -1.13. The molecule has 0 aliphatic carbocycles. The van der Waals surface area contributed by atoms with Crippen LogP contribution in [0.25, 0.3) is 0 Å². The van der Waals surface area contributed by atoms with E-state index in [0.717, 1.165) is 38.5 Å². The molecule has 11 heteroatoms. The van der Waals surface area contributed by atoms with E-state index in [0.29, 0.717) is 6.42 Å². The van der Waals surface area contributed by atoms with E-state index in [-0.39, 0.29) is 36.9 Å². The van der Waals surface area contributed by atoms with Gasteiger partial charge in [0, 0.05) is 19.3 Å². The summed E-state index contributed by atoms with van der Waals surface area (Å²) >= 11 is 0. The van der Waals surface area contributed by atoms with E-state index < -0.39 is 44.3 Å². The maximum Gasteiger partial charge on any atom is 0.306 e. The van der Waals surface area contributed by atoms with Crippen molar-refractivity contribution in [2.45, 2.75) is 199 Å². The first-order valence-electron chi connectivity index (χ1n) is 19.8. The third kappa shape index (κ3) is 28.3. The lowest BCUT2D eigenvalue weighted by molar-refractivity contribution is -0.902. The van der Waals surface area contributed by atoms with Gasteiger partial charge in [0.1, 0.15) is 12.4 Å². The molecule has 0 saturated carbocycles. The Morgan fingerprint density at radius 2 is 1.04 bits per heavy atom.